The van der Waals surface area contributed by atoms with Gasteiger partial charge in [-0.25, -0.2) is 4.98 Å². The van der Waals surface area contributed by atoms with E-state index in [1.54, 1.807) is 11.0 Å². The highest BCUT2D eigenvalue weighted by Gasteiger charge is 2.25. The number of anilines is 1. The zero-order chi connectivity index (χ0) is 19.7. The third-order valence-electron chi connectivity index (χ3n) is 4.42. The van der Waals surface area contributed by atoms with Crippen molar-refractivity contribution in [2.24, 2.45) is 0 Å². The van der Waals surface area contributed by atoms with Crippen LogP contribution in [-0.2, 0) is 0 Å². The van der Waals surface area contributed by atoms with Gasteiger partial charge in [0.05, 0.1) is 20.8 Å². The van der Waals surface area contributed by atoms with Gasteiger partial charge >= 0.3 is 0 Å². The Morgan fingerprint density at radius 2 is 1.96 bits per heavy atom. The van der Waals surface area contributed by atoms with E-state index in [-0.39, 0.29) is 5.91 Å². The zero-order valence-electron chi connectivity index (χ0n) is 16.3. The van der Waals surface area contributed by atoms with Gasteiger partial charge in [-0.2, -0.15) is 0 Å². The maximum absolute atomic E-state index is 13.3. The smallest absolute Gasteiger partial charge is 0.263 e. The fraction of sp³-hybridized carbons (Fsp3) is 0.400. The molecule has 1 aromatic carbocycles. The molecule has 27 heavy (non-hydrogen) atoms. The SMILES string of the molecule is Cc1cc(C(=O)N(CCCN(C)C)c2nc3c(C)ccc(Cl)c3s2)c(C)o1. The number of nitrogens with zero attached hydrogens (tertiary/aromatic N) is 3. The lowest BCUT2D eigenvalue weighted by Crippen LogP contribution is -2.33. The number of thiazole rings is 1. The Morgan fingerprint density at radius 1 is 1.22 bits per heavy atom. The van der Waals surface area contributed by atoms with Gasteiger partial charge in [-0.05, 0) is 65.5 Å². The molecule has 0 atom stereocenters. The molecular formula is C20H24ClN3O2S. The molecule has 2 heterocycles. The van der Waals surface area contributed by atoms with Crippen LogP contribution in [0.2, 0.25) is 5.02 Å². The second kappa shape index (κ2) is 8.00. The van der Waals surface area contributed by atoms with Crippen molar-refractivity contribution in [3.05, 3.63) is 45.9 Å². The first-order valence-corrected chi connectivity index (χ1v) is 10.1. The van der Waals surface area contributed by atoms with Crippen molar-refractivity contribution < 1.29 is 9.21 Å². The van der Waals surface area contributed by atoms with Crippen LogP contribution >= 0.6 is 22.9 Å². The van der Waals surface area contributed by atoms with Crippen LogP contribution < -0.4 is 4.90 Å². The number of benzene rings is 1. The van der Waals surface area contributed by atoms with Gasteiger partial charge in [0.15, 0.2) is 5.13 Å². The minimum absolute atomic E-state index is 0.0871. The topological polar surface area (TPSA) is 49.6 Å². The molecule has 0 saturated heterocycles. The van der Waals surface area contributed by atoms with Crippen molar-refractivity contribution in [1.82, 2.24) is 9.88 Å². The minimum atomic E-state index is -0.0871. The zero-order valence-corrected chi connectivity index (χ0v) is 17.9. The second-order valence-corrected chi connectivity index (χ2v) is 8.36. The van der Waals surface area contributed by atoms with Gasteiger partial charge in [0.25, 0.3) is 5.91 Å². The van der Waals surface area contributed by atoms with Gasteiger partial charge in [-0.1, -0.05) is 29.0 Å². The van der Waals surface area contributed by atoms with Crippen LogP contribution in [0.25, 0.3) is 10.2 Å². The predicted octanol–water partition coefficient (Wildman–Crippen LogP) is 5.07. The summed E-state index contributed by atoms with van der Waals surface area (Å²) in [5.41, 5.74) is 2.49. The van der Waals surface area contributed by atoms with Crippen molar-refractivity contribution >= 4 is 44.2 Å². The molecule has 3 aromatic rings. The van der Waals surface area contributed by atoms with E-state index in [0.717, 1.165) is 34.5 Å². The molecule has 0 fully saturated rings. The third-order valence-corrected chi connectivity index (χ3v) is 5.96. The second-order valence-electron chi connectivity index (χ2n) is 6.98. The van der Waals surface area contributed by atoms with Crippen molar-refractivity contribution in [3.8, 4) is 0 Å². The molecule has 7 heteroatoms. The van der Waals surface area contributed by atoms with E-state index in [4.69, 9.17) is 21.0 Å². The average Bonchev–Trinajstić information content (AvgIpc) is 3.18. The van der Waals surface area contributed by atoms with Crippen LogP contribution in [0.1, 0.15) is 33.9 Å². The number of aryl methyl sites for hydroxylation is 3. The van der Waals surface area contributed by atoms with Gasteiger partial charge in [-0.15, -0.1) is 0 Å². The first kappa shape index (κ1) is 19.9. The van der Waals surface area contributed by atoms with E-state index >= 15 is 0 Å². The van der Waals surface area contributed by atoms with Gasteiger partial charge in [0, 0.05) is 6.54 Å². The first-order chi connectivity index (χ1) is 12.8. The summed E-state index contributed by atoms with van der Waals surface area (Å²) in [7, 11) is 4.05. The molecule has 0 spiro atoms. The summed E-state index contributed by atoms with van der Waals surface area (Å²) >= 11 is 7.82. The van der Waals surface area contributed by atoms with Crippen molar-refractivity contribution in [3.63, 3.8) is 0 Å². The monoisotopic (exact) mass is 405 g/mol. The summed E-state index contributed by atoms with van der Waals surface area (Å²) in [5, 5.41) is 1.33. The standard InChI is InChI=1S/C20H24ClN3O2S/c1-12-7-8-16(21)18-17(12)22-20(27-18)24(10-6-9-23(4)5)19(25)15-11-13(2)26-14(15)3/h7-8,11H,6,9-10H2,1-5H3. The highest BCUT2D eigenvalue weighted by molar-refractivity contribution is 7.23. The summed E-state index contributed by atoms with van der Waals surface area (Å²) in [6.45, 7) is 7.14. The number of halogens is 1. The molecule has 0 aliphatic heterocycles. The molecule has 0 aliphatic rings. The molecule has 0 aliphatic carbocycles. The highest BCUT2D eigenvalue weighted by Crippen LogP contribution is 2.36. The Bertz CT molecular complexity index is 938. The summed E-state index contributed by atoms with van der Waals surface area (Å²) in [6, 6.07) is 5.63. The van der Waals surface area contributed by atoms with Gasteiger partial charge < -0.3 is 9.32 Å². The predicted molar refractivity (Wildman–Crippen MR) is 112 cm³/mol. The maximum Gasteiger partial charge on any atom is 0.263 e. The molecule has 5 nitrogen and oxygen atoms in total. The summed E-state index contributed by atoms with van der Waals surface area (Å²) in [6.07, 6.45) is 0.845. The van der Waals surface area contributed by atoms with Gasteiger partial charge in [0.1, 0.15) is 11.5 Å². The van der Waals surface area contributed by atoms with E-state index in [1.165, 1.54) is 11.3 Å². The largest absolute Gasteiger partial charge is 0.466 e. The van der Waals surface area contributed by atoms with E-state index in [9.17, 15) is 4.79 Å². The number of hydrogen-bond donors (Lipinski definition) is 0. The van der Waals surface area contributed by atoms with Gasteiger partial charge in [-0.3, -0.25) is 9.69 Å². The van der Waals surface area contributed by atoms with Crippen LogP contribution in [-0.4, -0.2) is 43.0 Å². The van der Waals surface area contributed by atoms with E-state index in [1.807, 2.05) is 47.0 Å². The first-order valence-electron chi connectivity index (χ1n) is 8.87. The van der Waals surface area contributed by atoms with Crippen LogP contribution in [0.5, 0.6) is 0 Å². The number of rotatable bonds is 6. The van der Waals surface area contributed by atoms with Crippen LogP contribution in [0.15, 0.2) is 22.6 Å². The van der Waals surface area contributed by atoms with Gasteiger partial charge in [0.2, 0.25) is 0 Å². The minimum Gasteiger partial charge on any atom is -0.466 e. The summed E-state index contributed by atoms with van der Waals surface area (Å²) < 4.78 is 6.48. The Morgan fingerprint density at radius 3 is 2.56 bits per heavy atom. The number of amides is 1. The van der Waals surface area contributed by atoms with Crippen LogP contribution in [0.3, 0.4) is 0 Å². The molecule has 0 radical (unpaired) electrons. The quantitative estimate of drug-likeness (QED) is 0.574. The van der Waals surface area contributed by atoms with Crippen molar-refractivity contribution in [2.45, 2.75) is 27.2 Å². The average molecular weight is 406 g/mol. The molecule has 2 aromatic heterocycles. The van der Waals surface area contributed by atoms with Crippen molar-refractivity contribution in [2.75, 3.05) is 32.1 Å². The Hall–Kier alpha value is -1.89. The summed E-state index contributed by atoms with van der Waals surface area (Å²) in [5.74, 6) is 1.27. The molecule has 0 saturated carbocycles. The number of carbonyl (C=O) groups excluding carboxylic acids is 1. The van der Waals surface area contributed by atoms with Crippen LogP contribution in [0.4, 0.5) is 5.13 Å². The fourth-order valence-corrected chi connectivity index (χ4v) is 4.36. The normalized spacial score (nSPS) is 11.5. The molecule has 0 N–H and O–H groups in total. The van der Waals surface area contributed by atoms with Crippen LogP contribution in [0, 0.1) is 20.8 Å². The Kier molecular flexibility index (Phi) is 5.89. The van der Waals surface area contributed by atoms with Crippen molar-refractivity contribution in [1.29, 1.82) is 0 Å². The number of hydrogen-bond acceptors (Lipinski definition) is 5. The number of fused-ring (bicyclic) bond motifs is 1. The fourth-order valence-electron chi connectivity index (χ4n) is 3.02. The number of carbonyl (C=O) groups is 1. The maximum atomic E-state index is 13.3. The number of aromatic nitrogens is 1. The Balaban J connectivity index is 2.01. The molecule has 3 rings (SSSR count). The molecule has 1 amide bonds. The lowest BCUT2D eigenvalue weighted by atomic mass is 10.2. The van der Waals surface area contributed by atoms with E-state index < -0.39 is 0 Å². The third kappa shape index (κ3) is 4.18. The van der Waals surface area contributed by atoms with E-state index in [2.05, 4.69) is 4.90 Å². The summed E-state index contributed by atoms with van der Waals surface area (Å²) in [4.78, 5) is 21.9. The Labute approximate surface area is 168 Å². The van der Waals surface area contributed by atoms with E-state index in [0.29, 0.717) is 28.0 Å². The highest BCUT2D eigenvalue weighted by atomic mass is 35.5. The lowest BCUT2D eigenvalue weighted by molar-refractivity contribution is 0.0984. The molecule has 144 valence electrons. The number of furan rings is 1. The molecular weight excluding hydrogens is 382 g/mol. The molecule has 0 unspecified atom stereocenters. The lowest BCUT2D eigenvalue weighted by Gasteiger charge is -2.20. The molecule has 0 bridgehead atoms.